The summed E-state index contributed by atoms with van der Waals surface area (Å²) in [6.45, 7) is 1.54. The molecule has 0 bridgehead atoms. The average molecular weight is 497 g/mol. The first-order valence-corrected chi connectivity index (χ1v) is 12.9. The van der Waals surface area contributed by atoms with Crippen LogP contribution in [-0.2, 0) is 21.2 Å². The highest BCUT2D eigenvalue weighted by Crippen LogP contribution is 2.34. The first-order chi connectivity index (χ1) is 16.3. The molecule has 3 heterocycles. The predicted molar refractivity (Wildman–Crippen MR) is 126 cm³/mol. The van der Waals surface area contributed by atoms with E-state index in [1.165, 1.54) is 41.7 Å². The molecular weight excluding hydrogens is 476 g/mol. The Kier molecular flexibility index (Phi) is 5.66. The van der Waals surface area contributed by atoms with E-state index in [9.17, 15) is 22.8 Å². The number of piperidine rings is 1. The Labute approximate surface area is 199 Å². The van der Waals surface area contributed by atoms with E-state index >= 15 is 0 Å². The Morgan fingerprint density at radius 2 is 1.85 bits per heavy atom. The Bertz CT molecular complexity index is 1420. The van der Waals surface area contributed by atoms with Crippen LogP contribution < -0.4 is 15.5 Å². The van der Waals surface area contributed by atoms with E-state index in [4.69, 9.17) is 0 Å². The lowest BCUT2D eigenvalue weighted by Crippen LogP contribution is -2.33. The molecule has 34 heavy (non-hydrogen) atoms. The molecule has 1 aromatic heterocycles. The second-order valence-electron chi connectivity index (χ2n) is 7.98. The minimum atomic E-state index is -3.93. The van der Waals surface area contributed by atoms with E-state index in [1.807, 2.05) is 0 Å². The largest absolute Gasteiger partial charge is 0.347 e. The zero-order valence-corrected chi connectivity index (χ0v) is 19.5. The number of thiazole rings is 1. The molecule has 2 amide bonds. The number of nitrogens with one attached hydrogen (secondary N) is 2. The Morgan fingerprint density at radius 3 is 2.65 bits per heavy atom. The van der Waals surface area contributed by atoms with Crippen molar-refractivity contribution < 1.29 is 22.8 Å². The van der Waals surface area contributed by atoms with Crippen molar-refractivity contribution in [2.45, 2.75) is 29.2 Å². The summed E-state index contributed by atoms with van der Waals surface area (Å²) < 4.78 is 26.2. The van der Waals surface area contributed by atoms with Gasteiger partial charge in [0, 0.05) is 42.6 Å². The fourth-order valence-electron chi connectivity index (χ4n) is 3.94. The molecule has 2 aliphatic rings. The average Bonchev–Trinajstić information content (AvgIpc) is 3.29. The number of hydrogen-bond donors (Lipinski definition) is 2. The second kappa shape index (κ2) is 8.65. The van der Waals surface area contributed by atoms with E-state index in [1.54, 1.807) is 18.3 Å². The first kappa shape index (κ1) is 22.2. The van der Waals surface area contributed by atoms with Crippen LogP contribution >= 0.6 is 11.3 Å². The molecule has 174 valence electrons. The molecule has 9 nitrogen and oxygen atoms in total. The van der Waals surface area contributed by atoms with Gasteiger partial charge in [0.05, 0.1) is 27.6 Å². The predicted octanol–water partition coefficient (Wildman–Crippen LogP) is 2.64. The van der Waals surface area contributed by atoms with Gasteiger partial charge >= 0.3 is 0 Å². The third-order valence-electron chi connectivity index (χ3n) is 5.76. The highest BCUT2D eigenvalue weighted by Gasteiger charge is 2.31. The molecular formula is C23H20N4O5S2. The number of Topliss-reactive ketones (excluding diaryl/α,β-unsaturated/α-hetero) is 1. The number of anilines is 2. The quantitative estimate of drug-likeness (QED) is 0.569. The molecule has 1 saturated heterocycles. The molecule has 11 heteroatoms. The number of sulfone groups is 1. The third kappa shape index (κ3) is 4.08. The molecule has 2 aliphatic heterocycles. The lowest BCUT2D eigenvalue weighted by molar-refractivity contribution is -0.119. The van der Waals surface area contributed by atoms with E-state index in [0.29, 0.717) is 25.9 Å². The van der Waals surface area contributed by atoms with Gasteiger partial charge in [0.15, 0.2) is 5.13 Å². The monoisotopic (exact) mass is 496 g/mol. The normalized spacial score (nSPS) is 16.8. The SMILES string of the molecule is O=C1CCN(c2ncc(CNC(=O)c3ccc4c(c3)NC(=O)c3ccccc3S4(=O)=O)s2)CC1. The van der Waals surface area contributed by atoms with Crippen LogP contribution in [0, 0.1) is 0 Å². The van der Waals surface area contributed by atoms with Gasteiger partial charge in [0.25, 0.3) is 11.8 Å². The zero-order chi connectivity index (χ0) is 23.9. The lowest BCUT2D eigenvalue weighted by Gasteiger charge is -2.25. The van der Waals surface area contributed by atoms with Gasteiger partial charge in [-0.2, -0.15) is 0 Å². The maximum absolute atomic E-state index is 13.1. The van der Waals surface area contributed by atoms with E-state index < -0.39 is 21.7 Å². The molecule has 2 aromatic carbocycles. The van der Waals surface area contributed by atoms with Gasteiger partial charge in [-0.25, -0.2) is 13.4 Å². The highest BCUT2D eigenvalue weighted by molar-refractivity contribution is 7.91. The van der Waals surface area contributed by atoms with Crippen LogP contribution in [0.4, 0.5) is 10.8 Å². The number of aromatic nitrogens is 1. The summed E-state index contributed by atoms with van der Waals surface area (Å²) in [5.74, 6) is -0.698. The summed E-state index contributed by atoms with van der Waals surface area (Å²) in [4.78, 5) is 44.0. The lowest BCUT2D eigenvalue weighted by atomic mass is 10.1. The fourth-order valence-corrected chi connectivity index (χ4v) is 6.43. The number of ketones is 1. The van der Waals surface area contributed by atoms with Crippen molar-refractivity contribution in [1.82, 2.24) is 10.3 Å². The number of benzene rings is 2. The van der Waals surface area contributed by atoms with Gasteiger partial charge in [-0.1, -0.05) is 12.1 Å². The fraction of sp³-hybridized carbons (Fsp3) is 0.217. The summed E-state index contributed by atoms with van der Waals surface area (Å²) in [6, 6.07) is 10.1. The van der Waals surface area contributed by atoms with Crippen molar-refractivity contribution in [1.29, 1.82) is 0 Å². The zero-order valence-electron chi connectivity index (χ0n) is 17.9. The number of amides is 2. The summed E-state index contributed by atoms with van der Waals surface area (Å²) in [6.07, 6.45) is 2.72. The van der Waals surface area contributed by atoms with Crippen molar-refractivity contribution in [3.05, 3.63) is 64.7 Å². The topological polar surface area (TPSA) is 126 Å². The number of carbonyl (C=O) groups excluding carboxylic acids is 3. The standard InChI is InChI=1S/C23H20N4O5S2/c28-15-7-9-27(10-8-15)23-25-13-16(33-23)12-24-21(29)14-5-6-20-18(11-14)26-22(30)17-3-1-2-4-19(17)34(20,31)32/h1-6,11,13H,7-10,12H2,(H,24,29)(H,26,30). The summed E-state index contributed by atoms with van der Waals surface area (Å²) in [5.41, 5.74) is 0.344. The van der Waals surface area contributed by atoms with Crippen molar-refractivity contribution in [3.63, 3.8) is 0 Å². The van der Waals surface area contributed by atoms with E-state index in [2.05, 4.69) is 20.5 Å². The van der Waals surface area contributed by atoms with Crippen molar-refractivity contribution in [2.75, 3.05) is 23.3 Å². The first-order valence-electron chi connectivity index (χ1n) is 10.6. The molecule has 2 N–H and O–H groups in total. The van der Waals surface area contributed by atoms with E-state index in [0.717, 1.165) is 10.0 Å². The number of nitrogens with zero attached hydrogens (tertiary/aromatic N) is 2. The van der Waals surface area contributed by atoms with Crippen LogP contribution in [0.1, 0.15) is 38.4 Å². The van der Waals surface area contributed by atoms with Crippen LogP contribution in [0.3, 0.4) is 0 Å². The molecule has 0 atom stereocenters. The van der Waals surface area contributed by atoms with Crippen LogP contribution in [0.2, 0.25) is 0 Å². The van der Waals surface area contributed by atoms with Gasteiger partial charge in [-0.3, -0.25) is 14.4 Å². The van der Waals surface area contributed by atoms with Gasteiger partial charge in [0.2, 0.25) is 9.84 Å². The van der Waals surface area contributed by atoms with E-state index in [-0.39, 0.29) is 38.9 Å². The smallest absolute Gasteiger partial charge is 0.257 e. The van der Waals surface area contributed by atoms with Crippen LogP contribution in [0.25, 0.3) is 0 Å². The Morgan fingerprint density at radius 1 is 1.09 bits per heavy atom. The Balaban J connectivity index is 1.32. The highest BCUT2D eigenvalue weighted by atomic mass is 32.2. The van der Waals surface area contributed by atoms with Gasteiger partial charge in [-0.15, -0.1) is 11.3 Å². The van der Waals surface area contributed by atoms with Gasteiger partial charge in [-0.05, 0) is 30.3 Å². The molecule has 5 rings (SSSR count). The summed E-state index contributed by atoms with van der Waals surface area (Å²) >= 11 is 1.45. The molecule has 0 radical (unpaired) electrons. The van der Waals surface area contributed by atoms with Crippen LogP contribution in [-0.4, -0.2) is 44.1 Å². The number of fused-ring (bicyclic) bond motifs is 2. The van der Waals surface area contributed by atoms with Crippen LogP contribution in [0.15, 0.2) is 58.5 Å². The number of hydrogen-bond acceptors (Lipinski definition) is 8. The van der Waals surface area contributed by atoms with Crippen molar-refractivity contribution >= 4 is 49.6 Å². The maximum Gasteiger partial charge on any atom is 0.257 e. The van der Waals surface area contributed by atoms with Crippen molar-refractivity contribution in [3.8, 4) is 0 Å². The molecule has 0 unspecified atom stereocenters. The second-order valence-corrected chi connectivity index (χ2v) is 11.0. The van der Waals surface area contributed by atoms with Crippen molar-refractivity contribution in [2.24, 2.45) is 0 Å². The van der Waals surface area contributed by atoms with Gasteiger partial charge in [0.1, 0.15) is 5.78 Å². The van der Waals surface area contributed by atoms with Crippen LogP contribution in [0.5, 0.6) is 0 Å². The molecule has 0 saturated carbocycles. The maximum atomic E-state index is 13.1. The molecule has 0 aliphatic carbocycles. The Hall–Kier alpha value is -3.57. The van der Waals surface area contributed by atoms with Gasteiger partial charge < -0.3 is 15.5 Å². The third-order valence-corrected chi connectivity index (χ3v) is 8.69. The minimum absolute atomic E-state index is 0.0590. The molecule has 0 spiro atoms. The molecule has 1 fully saturated rings. The summed E-state index contributed by atoms with van der Waals surface area (Å²) in [7, 11) is -3.93. The summed E-state index contributed by atoms with van der Waals surface area (Å²) in [5, 5.41) is 6.23. The number of carbonyl (C=O) groups is 3. The molecule has 3 aromatic rings. The number of rotatable bonds is 4. The minimum Gasteiger partial charge on any atom is -0.347 e.